The monoisotopic (exact) mass is 1550 g/mol. The lowest BCUT2D eigenvalue weighted by atomic mass is 10.1. The Morgan fingerprint density at radius 1 is 0.269 bits per heavy atom. The predicted octanol–water partition coefficient (Wildman–Crippen LogP) is 24.6. The highest BCUT2D eigenvalue weighted by Crippen LogP contribution is 2.45. The minimum absolute atomic E-state index is 0.0275. The molecule has 0 saturated carbocycles. The number of unbranched alkanes of at least 4 members (excludes halogenated alkanes) is 22. The molecule has 108 heavy (non-hydrogen) atoms. The van der Waals surface area contributed by atoms with Crippen LogP contribution in [0, 0.1) is 0 Å². The van der Waals surface area contributed by atoms with Crippen LogP contribution in [0.4, 0.5) is 0 Å². The number of rotatable bonds is 76. The number of hydrogen-bond acceptors (Lipinski definition) is 15. The lowest BCUT2D eigenvalue weighted by molar-refractivity contribution is -0.161. The number of carbonyl (C=O) groups excluding carboxylic acids is 4. The molecule has 614 valence electrons. The Morgan fingerprint density at radius 2 is 0.500 bits per heavy atom. The highest BCUT2D eigenvalue weighted by Gasteiger charge is 2.30. The summed E-state index contributed by atoms with van der Waals surface area (Å²) in [5, 5.41) is 10.7. The van der Waals surface area contributed by atoms with Crippen LogP contribution < -0.4 is 0 Å². The largest absolute Gasteiger partial charge is 0.472 e. The summed E-state index contributed by atoms with van der Waals surface area (Å²) in [5.74, 6) is -2.33. The van der Waals surface area contributed by atoms with Crippen molar-refractivity contribution in [1.29, 1.82) is 0 Å². The Balaban J connectivity index is 5.45. The Bertz CT molecular complexity index is 2710. The minimum atomic E-state index is -5.01. The van der Waals surface area contributed by atoms with Crippen molar-refractivity contribution in [3.8, 4) is 0 Å². The second-order valence-corrected chi connectivity index (χ2v) is 29.9. The molecule has 0 aliphatic carbocycles. The summed E-state index contributed by atoms with van der Waals surface area (Å²) in [4.78, 5) is 73.1. The summed E-state index contributed by atoms with van der Waals surface area (Å²) >= 11 is 0. The zero-order valence-electron chi connectivity index (χ0n) is 67.2. The van der Waals surface area contributed by atoms with E-state index in [0.717, 1.165) is 167 Å². The minimum Gasteiger partial charge on any atom is -0.462 e. The van der Waals surface area contributed by atoms with Gasteiger partial charge in [-0.1, -0.05) is 307 Å². The van der Waals surface area contributed by atoms with Gasteiger partial charge in [-0.05, 0) is 148 Å². The van der Waals surface area contributed by atoms with Crippen LogP contribution in [0.2, 0.25) is 0 Å². The SMILES string of the molecule is CC/C=C\C/C=C\C/C=C\C/C=C\C/C=C\C/C=C\CCC(=O)OCC(COP(=O)(O)OCC(O)COP(=O)(O)OCC(COC(=O)CCCCC/C=C\C/C=C\C/C=C\C/C=C\C/C=C\CC)OC(=O)CCCCCCCCCCCCC)OC(=O)CCCCCCCC/C=C\C/C=C\C/C=C\CCCCC. The molecule has 0 aromatic carbocycles. The molecule has 0 bridgehead atoms. The molecule has 5 atom stereocenters. The van der Waals surface area contributed by atoms with Crippen LogP contribution in [0.3, 0.4) is 0 Å². The van der Waals surface area contributed by atoms with E-state index in [0.29, 0.717) is 32.1 Å². The van der Waals surface area contributed by atoms with Crippen molar-refractivity contribution in [1.82, 2.24) is 0 Å². The molecule has 0 amide bonds. The van der Waals surface area contributed by atoms with E-state index in [2.05, 4.69) is 180 Å². The third-order valence-electron chi connectivity index (χ3n) is 16.7. The van der Waals surface area contributed by atoms with Gasteiger partial charge in [0.15, 0.2) is 12.2 Å². The summed E-state index contributed by atoms with van der Waals surface area (Å²) < 4.78 is 68.6. The molecule has 0 aromatic heterocycles. The smallest absolute Gasteiger partial charge is 0.462 e. The Kier molecular flexibility index (Phi) is 75.4. The van der Waals surface area contributed by atoms with Gasteiger partial charge in [-0.25, -0.2) is 9.13 Å². The maximum absolute atomic E-state index is 13.1. The van der Waals surface area contributed by atoms with Crippen LogP contribution >= 0.6 is 15.6 Å². The normalized spacial score (nSPS) is 14.7. The van der Waals surface area contributed by atoms with Crippen molar-refractivity contribution in [3.05, 3.63) is 170 Å². The second kappa shape index (κ2) is 79.5. The zero-order chi connectivity index (χ0) is 78.9. The van der Waals surface area contributed by atoms with E-state index in [-0.39, 0.29) is 25.7 Å². The fourth-order valence-corrected chi connectivity index (χ4v) is 12.0. The van der Waals surface area contributed by atoms with Crippen LogP contribution in [-0.2, 0) is 65.4 Å². The molecule has 0 fully saturated rings. The third-order valence-corrected chi connectivity index (χ3v) is 18.6. The highest BCUT2D eigenvalue weighted by atomic mass is 31.2. The summed E-state index contributed by atoms with van der Waals surface area (Å²) in [5.41, 5.74) is 0. The van der Waals surface area contributed by atoms with Gasteiger partial charge in [0, 0.05) is 25.7 Å². The molecule has 0 heterocycles. The summed E-state index contributed by atoms with van der Waals surface area (Å²) in [6.07, 6.45) is 94.8. The van der Waals surface area contributed by atoms with Crippen LogP contribution in [0.15, 0.2) is 170 Å². The quantitative estimate of drug-likeness (QED) is 0.0169. The first kappa shape index (κ1) is 102. The fourth-order valence-electron chi connectivity index (χ4n) is 10.5. The van der Waals surface area contributed by atoms with Gasteiger partial charge in [-0.15, -0.1) is 0 Å². The number of ether oxygens (including phenoxy) is 4. The predicted molar refractivity (Wildman–Crippen MR) is 445 cm³/mol. The maximum Gasteiger partial charge on any atom is 0.472 e. The second-order valence-electron chi connectivity index (χ2n) is 27.0. The topological polar surface area (TPSA) is 237 Å². The Labute approximate surface area is 654 Å². The van der Waals surface area contributed by atoms with E-state index >= 15 is 0 Å². The zero-order valence-corrected chi connectivity index (χ0v) is 69.0. The standard InChI is InChI=1S/C89H146O17P2/c1-5-9-13-17-21-25-29-32-35-38-41-44-47-50-54-57-61-65-69-73-86(91)99-79-84(105-88(93)75-71-67-63-59-53-28-24-20-16-12-8-4)81-103-107(95,96)101-77-83(90)78-102-108(97,98)104-82-85(106-89(94)76-72-68-64-60-56-52-49-46-43-40-37-34-31-27-23-19-15-11-7-3)80-100-87(92)74-70-66-62-58-55-51-48-45-42-39-36-33-30-26-22-18-14-10-6-2/h9-10,13-14,21-23,25-27,32-37,41-46,50-51,54-55,62,66,83-85,90H,5-8,11-12,15-20,24,28-31,38-40,47-49,52-53,56-61,63-65,67-82H2,1-4H3,(H,95,96)(H,97,98)/b13-9-,14-10-,25-21-,26-22-,27-23-,35-32-,36-33-,37-34-,44-41-,45-42-,46-43-,54-50-,55-51-,66-62-. The average Bonchev–Trinajstić information content (AvgIpc) is 0.917. The summed E-state index contributed by atoms with van der Waals surface area (Å²) in [6.45, 7) is 4.48. The number of aliphatic hydroxyl groups is 1. The first-order chi connectivity index (χ1) is 52.7. The average molecular weight is 1550 g/mol. The number of carbonyl (C=O) groups is 4. The molecule has 19 heteroatoms. The first-order valence-corrected chi connectivity index (χ1v) is 44.4. The van der Waals surface area contributed by atoms with E-state index in [1.54, 1.807) is 0 Å². The van der Waals surface area contributed by atoms with Crippen molar-refractivity contribution in [2.45, 2.75) is 329 Å². The van der Waals surface area contributed by atoms with E-state index in [1.807, 2.05) is 18.2 Å². The summed E-state index contributed by atoms with van der Waals surface area (Å²) in [6, 6.07) is 0. The molecule has 0 aliphatic heterocycles. The third kappa shape index (κ3) is 78.5. The molecule has 5 unspecified atom stereocenters. The van der Waals surface area contributed by atoms with E-state index in [4.69, 9.17) is 37.0 Å². The van der Waals surface area contributed by atoms with Crippen LogP contribution in [0.25, 0.3) is 0 Å². The Morgan fingerprint density at radius 3 is 0.824 bits per heavy atom. The Hall–Kier alpha value is -5.58. The number of esters is 4. The van der Waals surface area contributed by atoms with Crippen LogP contribution in [0.1, 0.15) is 310 Å². The van der Waals surface area contributed by atoms with Gasteiger partial charge in [0.25, 0.3) is 0 Å². The number of allylic oxidation sites excluding steroid dienone is 28. The highest BCUT2D eigenvalue weighted by molar-refractivity contribution is 7.47. The molecule has 0 radical (unpaired) electrons. The van der Waals surface area contributed by atoms with E-state index < -0.39 is 97.5 Å². The van der Waals surface area contributed by atoms with Gasteiger partial charge in [-0.2, -0.15) is 0 Å². The lowest BCUT2D eigenvalue weighted by Gasteiger charge is -2.21. The van der Waals surface area contributed by atoms with E-state index in [1.165, 1.54) is 57.8 Å². The number of hydrogen-bond donors (Lipinski definition) is 3. The van der Waals surface area contributed by atoms with Gasteiger partial charge >= 0.3 is 39.5 Å². The van der Waals surface area contributed by atoms with Crippen LogP contribution in [-0.4, -0.2) is 96.7 Å². The van der Waals surface area contributed by atoms with Crippen molar-refractivity contribution < 1.29 is 80.2 Å². The maximum atomic E-state index is 13.1. The van der Waals surface area contributed by atoms with Gasteiger partial charge in [-0.3, -0.25) is 37.3 Å². The molecule has 3 N–H and O–H groups in total. The molecule has 0 spiro atoms. The fraction of sp³-hybridized carbons (Fsp3) is 0.640. The molecule has 0 aromatic rings. The number of aliphatic hydroxyl groups excluding tert-OH is 1. The van der Waals surface area contributed by atoms with Crippen molar-refractivity contribution >= 4 is 39.5 Å². The van der Waals surface area contributed by atoms with Crippen molar-refractivity contribution in [2.24, 2.45) is 0 Å². The van der Waals surface area contributed by atoms with Crippen LogP contribution in [0.5, 0.6) is 0 Å². The lowest BCUT2D eigenvalue weighted by Crippen LogP contribution is -2.30. The number of phosphoric ester groups is 2. The van der Waals surface area contributed by atoms with Gasteiger partial charge in [0.1, 0.15) is 19.3 Å². The molecular formula is C89H146O17P2. The molecular weight excluding hydrogens is 1400 g/mol. The van der Waals surface area contributed by atoms with Crippen molar-refractivity contribution in [2.75, 3.05) is 39.6 Å². The summed E-state index contributed by atoms with van der Waals surface area (Å²) in [7, 11) is -10.0. The number of phosphoric acid groups is 2. The molecule has 0 saturated heterocycles. The van der Waals surface area contributed by atoms with Gasteiger partial charge in [0.05, 0.1) is 26.4 Å². The van der Waals surface area contributed by atoms with Gasteiger partial charge in [0.2, 0.25) is 0 Å². The van der Waals surface area contributed by atoms with Crippen molar-refractivity contribution in [3.63, 3.8) is 0 Å². The van der Waals surface area contributed by atoms with Gasteiger partial charge < -0.3 is 33.8 Å². The molecule has 0 rings (SSSR count). The molecule has 0 aliphatic rings. The molecule has 17 nitrogen and oxygen atoms in total. The first-order valence-electron chi connectivity index (χ1n) is 41.4. The van der Waals surface area contributed by atoms with E-state index in [9.17, 15) is 43.2 Å².